The van der Waals surface area contributed by atoms with E-state index < -0.39 is 62.9 Å². The number of benzene rings is 2. The van der Waals surface area contributed by atoms with Gasteiger partial charge in [0.1, 0.15) is 11.6 Å². The molecule has 2 aliphatic heterocycles. The number of fused-ring (bicyclic) bond motifs is 4. The highest BCUT2D eigenvalue weighted by atomic mass is 35.5. The van der Waals surface area contributed by atoms with Gasteiger partial charge in [-0.25, -0.2) is 9.29 Å². The van der Waals surface area contributed by atoms with Crippen molar-refractivity contribution in [2.24, 2.45) is 17.8 Å². The quantitative estimate of drug-likeness (QED) is 0.241. The topological polar surface area (TPSA) is 115 Å². The number of allylic oxidation sites excluding steroid dienone is 3. The molecule has 8 nitrogen and oxygen atoms in total. The molecule has 2 aromatic rings. The second-order valence-electron chi connectivity index (χ2n) is 10.6. The maximum atomic E-state index is 14.2. The highest BCUT2D eigenvalue weighted by molar-refractivity contribution is 6.58. The van der Waals surface area contributed by atoms with Crippen LogP contribution in [0.5, 0.6) is 5.75 Å². The molecule has 2 aliphatic carbocycles. The van der Waals surface area contributed by atoms with Gasteiger partial charge in [0.25, 0.3) is 23.6 Å². The molecule has 206 valence electrons. The lowest BCUT2D eigenvalue weighted by Crippen LogP contribution is -2.60. The summed E-state index contributed by atoms with van der Waals surface area (Å²) in [4.78, 5) is 50.6. The molecule has 0 radical (unpaired) electrons. The number of imide groups is 2. The summed E-state index contributed by atoms with van der Waals surface area (Å²) < 4.78 is 13.7. The summed E-state index contributed by atoms with van der Waals surface area (Å²) in [5.41, 5.74) is 1.23. The summed E-state index contributed by atoms with van der Waals surface area (Å²) in [6, 6.07) is 9.60. The van der Waals surface area contributed by atoms with Crippen molar-refractivity contribution in [3.8, 4) is 5.75 Å². The Morgan fingerprint density at radius 3 is 2.40 bits per heavy atom. The van der Waals surface area contributed by atoms with Crippen molar-refractivity contribution in [1.29, 1.82) is 0 Å². The second-order valence-corrected chi connectivity index (χ2v) is 11.8. The van der Waals surface area contributed by atoms with E-state index >= 15 is 0 Å². The SMILES string of the molecule is C=CCc1cccc([C@H]2C3=CC[C@@H]4C(=O)N(O)C(=O)[C@@H]4[C@@H]3C[C@@]3(Cl)C(=O)N(c4ccc(F)cc4)C(=O)[C@@]23Cl)c1O. The molecule has 11 heteroatoms. The van der Waals surface area contributed by atoms with E-state index in [1.807, 2.05) is 0 Å². The molecule has 0 bridgehead atoms. The van der Waals surface area contributed by atoms with Gasteiger partial charge in [0.05, 0.1) is 17.5 Å². The number of alkyl halides is 2. The zero-order chi connectivity index (χ0) is 28.7. The van der Waals surface area contributed by atoms with Gasteiger partial charge in [-0.05, 0) is 55.0 Å². The maximum Gasteiger partial charge on any atom is 0.258 e. The van der Waals surface area contributed by atoms with E-state index in [1.54, 1.807) is 30.4 Å². The predicted octanol–water partition coefficient (Wildman–Crippen LogP) is 4.21. The van der Waals surface area contributed by atoms with Gasteiger partial charge >= 0.3 is 0 Å². The monoisotopic (exact) mass is 584 g/mol. The normalized spacial score (nSPS) is 33.0. The van der Waals surface area contributed by atoms with Gasteiger partial charge < -0.3 is 5.11 Å². The predicted molar refractivity (Wildman–Crippen MR) is 142 cm³/mol. The van der Waals surface area contributed by atoms with Gasteiger partial charge in [0.2, 0.25) is 0 Å². The van der Waals surface area contributed by atoms with Crippen molar-refractivity contribution in [2.75, 3.05) is 4.90 Å². The van der Waals surface area contributed by atoms with Crippen LogP contribution in [0.3, 0.4) is 0 Å². The van der Waals surface area contributed by atoms with E-state index in [4.69, 9.17) is 23.2 Å². The standard InChI is InChI=1S/C29H23Cl2FN2O6/c1-2-4-14-5-3-6-19(23(14)35)22-17-11-12-18-21(25(37)34(40)24(18)36)20(17)13-28(30)26(38)33(27(39)29(22,28)31)16-9-7-15(32)8-10-16/h2-3,5-11,18,20-22,35,40H,1,4,12-13H2/t18-,20+,21-,22+,28+,29-/m0/s1. The summed E-state index contributed by atoms with van der Waals surface area (Å²) >= 11 is 14.4. The van der Waals surface area contributed by atoms with Crippen LogP contribution in [0.15, 0.2) is 66.8 Å². The highest BCUT2D eigenvalue weighted by Crippen LogP contribution is 2.66. The van der Waals surface area contributed by atoms with Crippen LogP contribution in [0.1, 0.15) is 29.9 Å². The van der Waals surface area contributed by atoms with Crippen LogP contribution in [0.4, 0.5) is 10.1 Å². The Balaban J connectivity index is 1.60. The fraction of sp³-hybridized carbons (Fsp3) is 0.310. The first-order valence-electron chi connectivity index (χ1n) is 12.7. The zero-order valence-electron chi connectivity index (χ0n) is 20.9. The first-order valence-corrected chi connectivity index (χ1v) is 13.4. The van der Waals surface area contributed by atoms with E-state index in [0.29, 0.717) is 17.6 Å². The van der Waals surface area contributed by atoms with E-state index in [1.165, 1.54) is 12.1 Å². The highest BCUT2D eigenvalue weighted by Gasteiger charge is 2.77. The van der Waals surface area contributed by atoms with Gasteiger partial charge in [-0.1, -0.05) is 35.9 Å². The van der Waals surface area contributed by atoms with Crippen molar-refractivity contribution >= 4 is 52.5 Å². The number of halogens is 3. The smallest absolute Gasteiger partial charge is 0.258 e. The molecule has 2 aromatic carbocycles. The lowest BCUT2D eigenvalue weighted by Gasteiger charge is -2.50. The van der Waals surface area contributed by atoms with E-state index in [9.17, 15) is 33.9 Å². The number of hydrogen-bond donors (Lipinski definition) is 2. The molecule has 0 spiro atoms. The fourth-order valence-corrected chi connectivity index (χ4v) is 7.82. The Kier molecular flexibility index (Phi) is 6.00. The van der Waals surface area contributed by atoms with Gasteiger partial charge in [-0.3, -0.25) is 24.4 Å². The zero-order valence-corrected chi connectivity index (χ0v) is 22.4. The molecule has 2 saturated heterocycles. The molecule has 2 N–H and O–H groups in total. The van der Waals surface area contributed by atoms with Crippen LogP contribution < -0.4 is 4.90 Å². The molecular weight excluding hydrogens is 562 g/mol. The third-order valence-corrected chi connectivity index (χ3v) is 10.1. The van der Waals surface area contributed by atoms with E-state index in [-0.39, 0.29) is 34.9 Å². The second kappa shape index (κ2) is 8.99. The number of hydrogen-bond acceptors (Lipinski definition) is 6. The number of anilines is 1. The summed E-state index contributed by atoms with van der Waals surface area (Å²) in [5.74, 6) is -8.03. The van der Waals surface area contributed by atoms with Crippen molar-refractivity contribution in [3.63, 3.8) is 0 Å². The van der Waals surface area contributed by atoms with Crippen LogP contribution in [-0.2, 0) is 25.6 Å². The summed E-state index contributed by atoms with van der Waals surface area (Å²) in [6.07, 6.45) is 3.37. The minimum atomic E-state index is -2.16. The van der Waals surface area contributed by atoms with Crippen molar-refractivity contribution in [3.05, 3.63) is 83.7 Å². The Hall–Kier alpha value is -3.53. The van der Waals surface area contributed by atoms with Crippen LogP contribution in [0.25, 0.3) is 0 Å². The maximum absolute atomic E-state index is 14.2. The van der Waals surface area contributed by atoms with E-state index in [2.05, 4.69) is 6.58 Å². The number of rotatable bonds is 4. The number of nitrogens with zero attached hydrogens (tertiary/aromatic N) is 2. The van der Waals surface area contributed by atoms with Crippen LogP contribution in [0.2, 0.25) is 0 Å². The Morgan fingerprint density at radius 2 is 1.73 bits per heavy atom. The number of carbonyl (C=O) groups is 4. The van der Waals surface area contributed by atoms with Gasteiger partial charge in [-0.2, -0.15) is 5.06 Å². The third kappa shape index (κ3) is 3.28. The molecule has 3 fully saturated rings. The Labute approximate surface area is 238 Å². The summed E-state index contributed by atoms with van der Waals surface area (Å²) in [7, 11) is 0. The molecule has 6 rings (SSSR count). The number of para-hydroxylation sites is 1. The number of carbonyl (C=O) groups excluding carboxylic acids is 4. The summed E-state index contributed by atoms with van der Waals surface area (Å²) in [5, 5.41) is 21.6. The van der Waals surface area contributed by atoms with Crippen molar-refractivity contribution in [2.45, 2.75) is 34.9 Å². The van der Waals surface area contributed by atoms with E-state index in [0.717, 1.165) is 17.0 Å². The fourth-order valence-electron chi connectivity index (χ4n) is 6.89. The molecule has 2 heterocycles. The molecule has 4 aliphatic rings. The number of amides is 4. The van der Waals surface area contributed by atoms with Crippen LogP contribution in [0, 0.1) is 23.6 Å². The number of phenols is 1. The van der Waals surface area contributed by atoms with Gasteiger partial charge in [0, 0.05) is 11.5 Å². The lowest BCUT2D eigenvalue weighted by atomic mass is 9.56. The third-order valence-electron chi connectivity index (χ3n) is 8.70. The molecular formula is C29H23Cl2FN2O6. The molecule has 0 unspecified atom stereocenters. The first-order chi connectivity index (χ1) is 19.0. The first kappa shape index (κ1) is 26.7. The van der Waals surface area contributed by atoms with Crippen LogP contribution >= 0.6 is 23.2 Å². The molecule has 0 aromatic heterocycles. The molecule has 6 atom stereocenters. The molecule has 40 heavy (non-hydrogen) atoms. The average Bonchev–Trinajstić information content (AvgIpc) is 3.24. The van der Waals surface area contributed by atoms with Crippen molar-refractivity contribution in [1.82, 2.24) is 5.06 Å². The lowest BCUT2D eigenvalue weighted by molar-refractivity contribution is -0.173. The molecule has 4 amide bonds. The number of phenolic OH excluding ortho intramolecular Hbond substituents is 1. The minimum absolute atomic E-state index is 0.0534. The number of hydroxylamine groups is 2. The van der Waals surface area contributed by atoms with Gasteiger partial charge in [0.15, 0.2) is 9.75 Å². The largest absolute Gasteiger partial charge is 0.507 e. The summed E-state index contributed by atoms with van der Waals surface area (Å²) in [6.45, 7) is 3.71. The Morgan fingerprint density at radius 1 is 1.02 bits per heavy atom. The van der Waals surface area contributed by atoms with Crippen molar-refractivity contribution < 1.29 is 33.9 Å². The Bertz CT molecular complexity index is 1540. The number of aromatic hydroxyl groups is 1. The minimum Gasteiger partial charge on any atom is -0.507 e. The average molecular weight is 585 g/mol. The van der Waals surface area contributed by atoms with Gasteiger partial charge in [-0.15, -0.1) is 29.8 Å². The van der Waals surface area contributed by atoms with Crippen LogP contribution in [-0.4, -0.2) is 48.8 Å². The molecule has 1 saturated carbocycles.